The lowest BCUT2D eigenvalue weighted by Crippen LogP contribution is -2.20. The SMILES string of the molecule is C=C=N[Si](C)(C)C.N#C/C=C1\CC(c2ccccc2)Oc2ccc(Br)cc21.O=C1CC(c2ccccc2)Oc2ccc(Br)cc21. The molecular formula is C37H34Br2N2O3Si. The van der Waals surface area contributed by atoms with Crippen LogP contribution in [-0.4, -0.2) is 19.9 Å². The molecule has 2 aliphatic heterocycles. The lowest BCUT2D eigenvalue weighted by atomic mass is 9.92. The van der Waals surface area contributed by atoms with Crippen LogP contribution in [-0.2, 0) is 0 Å². The number of halogens is 2. The Balaban J connectivity index is 0.000000171. The first-order valence-electron chi connectivity index (χ1n) is 14.5. The Hall–Kier alpha value is -3.99. The number of allylic oxidation sites excluding steroid dienone is 1. The Bertz CT molecular complexity index is 1760. The lowest BCUT2D eigenvalue weighted by molar-refractivity contribution is 0.0850. The molecule has 45 heavy (non-hydrogen) atoms. The number of nitriles is 1. The van der Waals surface area contributed by atoms with E-state index in [-0.39, 0.29) is 18.0 Å². The number of nitrogens with zero attached hydrogens (tertiary/aromatic N) is 2. The molecule has 0 N–H and O–H groups in total. The van der Waals surface area contributed by atoms with Crippen LogP contribution >= 0.6 is 31.9 Å². The van der Waals surface area contributed by atoms with Crippen LogP contribution in [0.2, 0.25) is 19.6 Å². The highest BCUT2D eigenvalue weighted by Crippen LogP contribution is 2.42. The van der Waals surface area contributed by atoms with E-state index in [1.165, 1.54) is 0 Å². The van der Waals surface area contributed by atoms with Crippen molar-refractivity contribution in [3.63, 3.8) is 0 Å². The average Bonchev–Trinajstić information content (AvgIpc) is 3.02. The highest BCUT2D eigenvalue weighted by atomic mass is 79.9. The molecule has 4 aromatic rings. The zero-order chi connectivity index (χ0) is 32.4. The fourth-order valence-corrected chi connectivity index (χ4v) is 6.01. The van der Waals surface area contributed by atoms with Crippen molar-refractivity contribution in [3.8, 4) is 17.6 Å². The third-order valence-corrected chi connectivity index (χ3v) is 8.66. The highest BCUT2D eigenvalue weighted by Gasteiger charge is 2.28. The molecule has 0 amide bonds. The van der Waals surface area contributed by atoms with Gasteiger partial charge in [-0.3, -0.25) is 9.45 Å². The molecule has 5 nitrogen and oxygen atoms in total. The van der Waals surface area contributed by atoms with Gasteiger partial charge in [0, 0.05) is 27.0 Å². The quantitative estimate of drug-likeness (QED) is 0.119. The smallest absolute Gasteiger partial charge is 0.184 e. The first kappa shape index (κ1) is 33.9. The fraction of sp³-hybridized carbons (Fsp3) is 0.189. The molecule has 0 aromatic heterocycles. The van der Waals surface area contributed by atoms with Gasteiger partial charge >= 0.3 is 0 Å². The molecule has 0 saturated carbocycles. The van der Waals surface area contributed by atoms with Crippen LogP contribution < -0.4 is 9.47 Å². The van der Waals surface area contributed by atoms with E-state index < -0.39 is 8.24 Å². The summed E-state index contributed by atoms with van der Waals surface area (Å²) in [4.78, 5) is 12.1. The van der Waals surface area contributed by atoms with Gasteiger partial charge in [-0.1, -0.05) is 92.5 Å². The Morgan fingerprint density at radius 3 is 1.76 bits per heavy atom. The van der Waals surface area contributed by atoms with E-state index in [0.29, 0.717) is 24.2 Å². The van der Waals surface area contributed by atoms with Gasteiger partial charge in [0.05, 0.1) is 18.1 Å². The second-order valence-electron chi connectivity index (χ2n) is 11.4. The summed E-state index contributed by atoms with van der Waals surface area (Å²) in [7, 11) is -1.21. The van der Waals surface area contributed by atoms with E-state index in [9.17, 15) is 4.79 Å². The molecule has 6 rings (SSSR count). The first-order valence-corrected chi connectivity index (χ1v) is 19.5. The maximum absolute atomic E-state index is 12.1. The number of benzene rings is 4. The van der Waals surface area contributed by atoms with Crippen LogP contribution in [0.3, 0.4) is 0 Å². The zero-order valence-corrected chi connectivity index (χ0v) is 29.6. The minimum Gasteiger partial charge on any atom is -0.485 e. The summed E-state index contributed by atoms with van der Waals surface area (Å²) >= 11 is 6.83. The Morgan fingerprint density at radius 1 is 0.800 bits per heavy atom. The Kier molecular flexibility index (Phi) is 11.9. The third-order valence-electron chi connectivity index (χ3n) is 6.84. The van der Waals surface area contributed by atoms with Gasteiger partial charge in [-0.25, -0.2) is 0 Å². The number of carbonyl (C=O) groups is 1. The van der Waals surface area contributed by atoms with E-state index >= 15 is 0 Å². The number of fused-ring (bicyclic) bond motifs is 2. The van der Waals surface area contributed by atoms with Crippen molar-refractivity contribution in [1.29, 1.82) is 5.26 Å². The summed E-state index contributed by atoms with van der Waals surface area (Å²) in [5.74, 6) is 4.17. The molecule has 2 unspecified atom stereocenters. The van der Waals surface area contributed by atoms with E-state index in [1.54, 1.807) is 6.08 Å². The van der Waals surface area contributed by atoms with Crippen LogP contribution in [0.5, 0.6) is 11.5 Å². The molecule has 0 radical (unpaired) electrons. The minimum atomic E-state index is -1.21. The molecule has 0 saturated heterocycles. The molecule has 0 aliphatic carbocycles. The van der Waals surface area contributed by atoms with E-state index in [1.807, 2.05) is 84.9 Å². The van der Waals surface area contributed by atoms with Gasteiger partial charge in [0.15, 0.2) is 14.0 Å². The summed E-state index contributed by atoms with van der Waals surface area (Å²) in [6, 6.07) is 33.5. The molecule has 4 aromatic carbocycles. The Morgan fingerprint density at radius 2 is 1.29 bits per heavy atom. The molecule has 0 spiro atoms. The van der Waals surface area contributed by atoms with E-state index in [2.05, 4.69) is 86.8 Å². The molecular weight excluding hydrogens is 708 g/mol. The van der Waals surface area contributed by atoms with Gasteiger partial charge in [0.25, 0.3) is 0 Å². The molecule has 2 heterocycles. The summed E-state index contributed by atoms with van der Waals surface area (Å²) in [5.41, 5.74) is 4.85. The Labute approximate surface area is 283 Å². The molecule has 228 valence electrons. The second-order valence-corrected chi connectivity index (χ2v) is 17.8. The van der Waals surface area contributed by atoms with Crippen molar-refractivity contribution >= 4 is 57.3 Å². The van der Waals surface area contributed by atoms with Gasteiger partial charge in [-0.15, -0.1) is 0 Å². The predicted octanol–water partition coefficient (Wildman–Crippen LogP) is 10.7. The maximum atomic E-state index is 12.1. The van der Waals surface area contributed by atoms with Crippen molar-refractivity contribution in [1.82, 2.24) is 0 Å². The van der Waals surface area contributed by atoms with Crippen molar-refractivity contribution < 1.29 is 14.3 Å². The van der Waals surface area contributed by atoms with Crippen molar-refractivity contribution in [2.24, 2.45) is 4.66 Å². The van der Waals surface area contributed by atoms with Crippen LogP contribution in [0.15, 0.2) is 123 Å². The number of hydrogen-bond donors (Lipinski definition) is 0. The van der Waals surface area contributed by atoms with Crippen molar-refractivity contribution in [2.45, 2.75) is 44.7 Å². The molecule has 0 fully saturated rings. The molecule has 2 atom stereocenters. The highest BCUT2D eigenvalue weighted by molar-refractivity contribution is 9.10. The lowest BCUT2D eigenvalue weighted by Gasteiger charge is -2.28. The summed E-state index contributed by atoms with van der Waals surface area (Å²) in [5, 5.41) is 8.99. The zero-order valence-electron chi connectivity index (χ0n) is 25.5. The topological polar surface area (TPSA) is 71.7 Å². The first-order chi connectivity index (χ1) is 21.6. The van der Waals surface area contributed by atoms with Crippen LogP contribution in [0.1, 0.15) is 52.1 Å². The van der Waals surface area contributed by atoms with Gasteiger partial charge in [-0.2, -0.15) is 5.26 Å². The standard InChI is InChI=1S/C17H12BrNO.C15H11BrO2.C5H11NSi/c18-14-6-7-16-15(11-14)13(8-9-19)10-17(20-16)12-4-2-1-3-5-12;16-11-6-7-14-12(8-11)13(17)9-15(18-14)10-4-2-1-3-5-10;1-5-6-7(2,3)4/h1-8,11,17H,10H2;1-8,15H,9H2;1H2,2-4H3/b13-8+;;. The maximum Gasteiger partial charge on any atom is 0.184 e. The second kappa shape index (κ2) is 15.8. The fourth-order valence-electron chi connectivity index (χ4n) is 4.82. The number of ketones is 1. The van der Waals surface area contributed by atoms with Crippen LogP contribution in [0, 0.1) is 11.3 Å². The number of ether oxygens (including phenoxy) is 2. The monoisotopic (exact) mass is 740 g/mol. The number of Topliss-reactive ketones (excluding diaryl/α,β-unsaturated/α-hetero) is 1. The molecule has 8 heteroatoms. The molecule has 0 bridgehead atoms. The molecule has 2 aliphatic rings. The summed E-state index contributed by atoms with van der Waals surface area (Å²) in [6.07, 6.45) is 2.51. The van der Waals surface area contributed by atoms with Gasteiger partial charge in [0.1, 0.15) is 23.7 Å². The van der Waals surface area contributed by atoms with Gasteiger partial charge < -0.3 is 9.47 Å². The van der Waals surface area contributed by atoms with Gasteiger partial charge in [-0.05, 0) is 85.2 Å². The van der Waals surface area contributed by atoms with Crippen LogP contribution in [0.4, 0.5) is 0 Å². The van der Waals surface area contributed by atoms with E-state index in [4.69, 9.17) is 14.7 Å². The van der Waals surface area contributed by atoms with Crippen molar-refractivity contribution in [2.75, 3.05) is 0 Å². The number of hydrogen-bond acceptors (Lipinski definition) is 5. The summed E-state index contributed by atoms with van der Waals surface area (Å²) < 4.78 is 17.9. The normalized spacial score (nSPS) is 17.2. The van der Waals surface area contributed by atoms with Crippen molar-refractivity contribution in [3.05, 3.63) is 141 Å². The average molecular weight is 743 g/mol. The summed E-state index contributed by atoms with van der Waals surface area (Å²) in [6.45, 7) is 9.82. The van der Waals surface area contributed by atoms with Crippen LogP contribution in [0.25, 0.3) is 5.57 Å². The van der Waals surface area contributed by atoms with E-state index in [0.717, 1.165) is 37.0 Å². The largest absolute Gasteiger partial charge is 0.485 e. The minimum absolute atomic E-state index is 0.0375. The number of rotatable bonds is 3. The van der Waals surface area contributed by atoms with Gasteiger partial charge in [0.2, 0.25) is 0 Å². The third kappa shape index (κ3) is 9.75. The predicted molar refractivity (Wildman–Crippen MR) is 191 cm³/mol. The number of carbonyl (C=O) groups excluding carboxylic acids is 1.